The average molecular weight is 544 g/mol. The Bertz CT molecular complexity index is 690. The number of carbonyl (C=O) groups is 3. The first kappa shape index (κ1) is 34.7. The number of unbranched alkanes of at least 4 members (excludes halogenated alkanes) is 6. The Kier molecular flexibility index (Phi) is 20.9. The van der Waals surface area contributed by atoms with Gasteiger partial charge >= 0.3 is 17.9 Å². The maximum Gasteiger partial charge on any atom is 0.303 e. The number of aliphatic hydroxyl groups is 1. The number of aliphatic hydroxyl groups excluding tert-OH is 1. The summed E-state index contributed by atoms with van der Waals surface area (Å²) in [5, 5.41) is 43.7. The van der Waals surface area contributed by atoms with Gasteiger partial charge in [0.1, 0.15) is 0 Å². The Morgan fingerprint density at radius 1 is 0.632 bits per heavy atom. The lowest BCUT2D eigenvalue weighted by Gasteiger charge is -2.11. The van der Waals surface area contributed by atoms with Crippen molar-refractivity contribution in [2.45, 2.75) is 90.1 Å². The standard InChI is InChI=1S/C21H36N6O6.C3H9NO/c28-16(29)10-4-1-7-13-22-19-25-20(23-14-8-2-5-11-17(30)31)27-21(26-19)24-15-9-3-6-12-18(32)33;1-3(5)2-4/h1-15H2,(H,28,29)(H,30,31)(H,32,33)(H3,22,23,24,25,26,27);3,5H,2,4H2,1H3/t;3-/m.0/s1. The molecule has 9 N–H and O–H groups in total. The smallest absolute Gasteiger partial charge is 0.303 e. The van der Waals surface area contributed by atoms with Gasteiger partial charge in [0.2, 0.25) is 17.8 Å². The molecule has 0 saturated heterocycles. The molecule has 218 valence electrons. The zero-order chi connectivity index (χ0) is 28.6. The average Bonchev–Trinajstić information content (AvgIpc) is 2.85. The van der Waals surface area contributed by atoms with Crippen molar-refractivity contribution < 1.29 is 34.8 Å². The van der Waals surface area contributed by atoms with Crippen LogP contribution in [-0.4, -0.2) is 85.6 Å². The number of nitrogens with zero attached hydrogens (tertiary/aromatic N) is 3. The molecule has 1 atom stereocenters. The first-order valence-corrected chi connectivity index (χ1v) is 13.1. The maximum atomic E-state index is 10.6. The molecule has 1 aromatic heterocycles. The Balaban J connectivity index is 0.00000249. The summed E-state index contributed by atoms with van der Waals surface area (Å²) in [6.45, 7) is 3.83. The van der Waals surface area contributed by atoms with Crippen molar-refractivity contribution in [3.05, 3.63) is 0 Å². The highest BCUT2D eigenvalue weighted by atomic mass is 16.4. The summed E-state index contributed by atoms with van der Waals surface area (Å²) in [6.07, 6.45) is 6.73. The topological polar surface area (TPSA) is 233 Å². The molecule has 0 saturated carbocycles. The minimum absolute atomic E-state index is 0.160. The van der Waals surface area contributed by atoms with Crippen molar-refractivity contribution in [3.8, 4) is 0 Å². The molecule has 0 spiro atoms. The summed E-state index contributed by atoms with van der Waals surface area (Å²) in [5.41, 5.74) is 4.92. The van der Waals surface area contributed by atoms with Gasteiger partial charge in [0, 0.05) is 45.4 Å². The van der Waals surface area contributed by atoms with Crippen LogP contribution in [0.5, 0.6) is 0 Å². The predicted molar refractivity (Wildman–Crippen MR) is 144 cm³/mol. The molecule has 1 heterocycles. The molecule has 0 aliphatic heterocycles. The van der Waals surface area contributed by atoms with Crippen LogP contribution in [0.15, 0.2) is 0 Å². The van der Waals surface area contributed by atoms with Crippen molar-refractivity contribution in [2.24, 2.45) is 5.73 Å². The fraction of sp³-hybridized carbons (Fsp3) is 0.750. The summed E-state index contributed by atoms with van der Waals surface area (Å²) in [4.78, 5) is 44.8. The summed E-state index contributed by atoms with van der Waals surface area (Å²) in [6, 6.07) is 0. The molecule has 14 heteroatoms. The minimum Gasteiger partial charge on any atom is -0.481 e. The van der Waals surface area contributed by atoms with Crippen LogP contribution in [0.25, 0.3) is 0 Å². The van der Waals surface area contributed by atoms with Crippen molar-refractivity contribution in [1.29, 1.82) is 0 Å². The minimum atomic E-state index is -0.794. The molecule has 0 radical (unpaired) electrons. The fourth-order valence-electron chi connectivity index (χ4n) is 2.95. The van der Waals surface area contributed by atoms with Gasteiger partial charge in [-0.3, -0.25) is 14.4 Å². The van der Waals surface area contributed by atoms with E-state index in [-0.39, 0.29) is 25.4 Å². The van der Waals surface area contributed by atoms with Crippen LogP contribution in [0.4, 0.5) is 17.8 Å². The first-order chi connectivity index (χ1) is 18.1. The lowest BCUT2D eigenvalue weighted by atomic mass is 10.2. The number of nitrogens with one attached hydrogen (secondary N) is 3. The highest BCUT2D eigenvalue weighted by molar-refractivity contribution is 5.67. The molecule has 1 aromatic rings. The van der Waals surface area contributed by atoms with E-state index in [0.717, 1.165) is 38.5 Å². The second-order valence-corrected chi connectivity index (χ2v) is 8.78. The largest absolute Gasteiger partial charge is 0.481 e. The van der Waals surface area contributed by atoms with Gasteiger partial charge in [-0.05, 0) is 45.4 Å². The molecule has 14 nitrogen and oxygen atoms in total. The molecule has 1 rings (SSSR count). The van der Waals surface area contributed by atoms with Crippen LogP contribution in [-0.2, 0) is 14.4 Å². The molecule has 0 aromatic carbocycles. The van der Waals surface area contributed by atoms with Crippen molar-refractivity contribution in [2.75, 3.05) is 42.1 Å². The fourth-order valence-corrected chi connectivity index (χ4v) is 2.95. The second kappa shape index (κ2) is 22.9. The molecule has 0 aliphatic rings. The Morgan fingerprint density at radius 2 is 0.895 bits per heavy atom. The van der Waals surface area contributed by atoms with E-state index in [1.807, 2.05) is 0 Å². The van der Waals surface area contributed by atoms with Gasteiger partial charge in [-0.2, -0.15) is 15.0 Å². The lowest BCUT2D eigenvalue weighted by molar-refractivity contribution is -0.138. The SMILES string of the molecule is C[C@H](O)CN.O=C(O)CCCCCNc1nc(NCCCCCC(=O)O)nc(NCCCCCC(=O)O)n1. The molecule has 0 unspecified atom stereocenters. The first-order valence-electron chi connectivity index (χ1n) is 13.1. The molecule has 0 fully saturated rings. The lowest BCUT2D eigenvalue weighted by Crippen LogP contribution is -2.14. The van der Waals surface area contributed by atoms with Crippen molar-refractivity contribution in [1.82, 2.24) is 15.0 Å². The van der Waals surface area contributed by atoms with E-state index in [1.165, 1.54) is 0 Å². The molecule has 0 bridgehead atoms. The number of hydrogen-bond donors (Lipinski definition) is 8. The van der Waals surface area contributed by atoms with E-state index in [2.05, 4.69) is 30.9 Å². The van der Waals surface area contributed by atoms with Crippen LogP contribution in [0.3, 0.4) is 0 Å². The molecule has 38 heavy (non-hydrogen) atoms. The van der Waals surface area contributed by atoms with E-state index < -0.39 is 17.9 Å². The molecule has 0 aliphatic carbocycles. The summed E-state index contributed by atoms with van der Waals surface area (Å²) in [7, 11) is 0. The highest BCUT2D eigenvalue weighted by Crippen LogP contribution is 2.11. The maximum absolute atomic E-state index is 10.6. The van der Waals surface area contributed by atoms with E-state index in [1.54, 1.807) is 6.92 Å². The van der Waals surface area contributed by atoms with E-state index >= 15 is 0 Å². The van der Waals surface area contributed by atoms with Crippen LogP contribution in [0.2, 0.25) is 0 Å². The second-order valence-electron chi connectivity index (χ2n) is 8.78. The van der Waals surface area contributed by atoms with Gasteiger partial charge in [-0.1, -0.05) is 19.3 Å². The van der Waals surface area contributed by atoms with Crippen molar-refractivity contribution >= 4 is 35.8 Å². The van der Waals surface area contributed by atoms with Crippen molar-refractivity contribution in [3.63, 3.8) is 0 Å². The van der Waals surface area contributed by atoms with Gasteiger partial charge in [0.05, 0.1) is 6.10 Å². The van der Waals surface area contributed by atoms with Gasteiger partial charge in [0.25, 0.3) is 0 Å². The highest BCUT2D eigenvalue weighted by Gasteiger charge is 2.07. The quantitative estimate of drug-likeness (QED) is 0.0981. The number of aromatic nitrogens is 3. The van der Waals surface area contributed by atoms with Crippen LogP contribution < -0.4 is 21.7 Å². The van der Waals surface area contributed by atoms with Crippen LogP contribution in [0.1, 0.15) is 84.0 Å². The Hall–Kier alpha value is -3.26. The van der Waals surface area contributed by atoms with Gasteiger partial charge in [-0.15, -0.1) is 0 Å². The number of nitrogens with two attached hydrogens (primary N) is 1. The Labute approximate surface area is 223 Å². The number of carboxylic acid groups (broad SMARTS) is 3. The summed E-state index contributed by atoms with van der Waals surface area (Å²) < 4.78 is 0. The zero-order valence-corrected chi connectivity index (χ0v) is 22.3. The number of aliphatic carboxylic acids is 3. The zero-order valence-electron chi connectivity index (χ0n) is 22.3. The van der Waals surface area contributed by atoms with Gasteiger partial charge < -0.3 is 42.1 Å². The van der Waals surface area contributed by atoms with Crippen LogP contribution in [0, 0.1) is 0 Å². The number of anilines is 3. The van der Waals surface area contributed by atoms with Gasteiger partial charge in [-0.25, -0.2) is 0 Å². The van der Waals surface area contributed by atoms with E-state index in [4.69, 9.17) is 26.2 Å². The summed E-state index contributed by atoms with van der Waals surface area (Å²) >= 11 is 0. The third-order valence-corrected chi connectivity index (χ3v) is 5.03. The van der Waals surface area contributed by atoms with E-state index in [0.29, 0.717) is 63.3 Å². The number of rotatable bonds is 22. The third-order valence-electron chi connectivity index (χ3n) is 5.03. The van der Waals surface area contributed by atoms with Gasteiger partial charge in [0.15, 0.2) is 0 Å². The Morgan fingerprint density at radius 3 is 1.11 bits per heavy atom. The number of carboxylic acids is 3. The molecule has 0 amide bonds. The monoisotopic (exact) mass is 543 g/mol. The third kappa shape index (κ3) is 23.2. The summed E-state index contributed by atoms with van der Waals surface area (Å²) in [5.74, 6) is -1.16. The van der Waals surface area contributed by atoms with Crippen LogP contribution >= 0.6 is 0 Å². The molecular formula is C24H45N7O7. The normalized spacial score (nSPS) is 11.1. The van der Waals surface area contributed by atoms with E-state index in [9.17, 15) is 14.4 Å². The predicted octanol–water partition coefficient (Wildman–Crippen LogP) is 2.37. The molecular weight excluding hydrogens is 498 g/mol. The number of hydrogen-bond acceptors (Lipinski definition) is 11.